The lowest BCUT2D eigenvalue weighted by atomic mass is 10.2. The standard InChI is InChI=1S/C17H25N3O3S/c1-13-4-5-16(14(2)12-13)24(22,23)20-10-8-19(9-11-20)15-6-7-18(3)17(15)21/h4-5,12,15H,6-11H2,1-3H3. The Labute approximate surface area is 144 Å². The molecule has 0 bridgehead atoms. The third-order valence-electron chi connectivity index (χ3n) is 5.06. The van der Waals surface area contributed by atoms with Gasteiger partial charge in [0.15, 0.2) is 0 Å². The van der Waals surface area contributed by atoms with Gasteiger partial charge in [-0.1, -0.05) is 17.7 Å². The maximum absolute atomic E-state index is 12.9. The Hall–Kier alpha value is -1.44. The maximum Gasteiger partial charge on any atom is 0.243 e. The monoisotopic (exact) mass is 351 g/mol. The van der Waals surface area contributed by atoms with E-state index < -0.39 is 10.0 Å². The summed E-state index contributed by atoms with van der Waals surface area (Å²) in [5, 5.41) is 0. The van der Waals surface area contributed by atoms with Gasteiger partial charge in [-0.2, -0.15) is 4.31 Å². The zero-order valence-electron chi connectivity index (χ0n) is 14.5. The Morgan fingerprint density at radius 3 is 2.25 bits per heavy atom. The van der Waals surface area contributed by atoms with Crippen LogP contribution in [0.5, 0.6) is 0 Å². The first kappa shape index (κ1) is 17.4. The summed E-state index contributed by atoms with van der Waals surface area (Å²) in [5.41, 5.74) is 1.84. The highest BCUT2D eigenvalue weighted by atomic mass is 32.2. The average Bonchev–Trinajstić information content (AvgIpc) is 2.87. The van der Waals surface area contributed by atoms with Gasteiger partial charge in [-0.3, -0.25) is 9.69 Å². The first-order valence-electron chi connectivity index (χ1n) is 8.37. The minimum Gasteiger partial charge on any atom is -0.344 e. The molecule has 1 unspecified atom stereocenters. The number of carbonyl (C=O) groups excluding carboxylic acids is 1. The molecule has 1 aromatic carbocycles. The van der Waals surface area contributed by atoms with E-state index in [-0.39, 0.29) is 11.9 Å². The van der Waals surface area contributed by atoms with Gasteiger partial charge in [0, 0.05) is 39.8 Å². The number of rotatable bonds is 3. The van der Waals surface area contributed by atoms with Gasteiger partial charge in [-0.15, -0.1) is 0 Å². The molecule has 1 aromatic rings. The second-order valence-corrected chi connectivity index (χ2v) is 8.68. The fraction of sp³-hybridized carbons (Fsp3) is 0.588. The van der Waals surface area contributed by atoms with Crippen LogP contribution >= 0.6 is 0 Å². The summed E-state index contributed by atoms with van der Waals surface area (Å²) in [6, 6.07) is 5.35. The number of piperazine rings is 1. The molecule has 0 spiro atoms. The Morgan fingerprint density at radius 2 is 1.71 bits per heavy atom. The molecule has 2 heterocycles. The predicted octanol–water partition coefficient (Wildman–Crippen LogP) is 0.840. The normalized spacial score (nSPS) is 23.9. The summed E-state index contributed by atoms with van der Waals surface area (Å²) in [7, 11) is -1.65. The fourth-order valence-corrected chi connectivity index (χ4v) is 5.25. The molecule has 24 heavy (non-hydrogen) atoms. The highest BCUT2D eigenvalue weighted by Gasteiger charge is 2.37. The summed E-state index contributed by atoms with van der Waals surface area (Å²) >= 11 is 0. The topological polar surface area (TPSA) is 60.9 Å². The van der Waals surface area contributed by atoms with E-state index >= 15 is 0 Å². The van der Waals surface area contributed by atoms with Crippen molar-refractivity contribution in [1.82, 2.24) is 14.1 Å². The minimum absolute atomic E-state index is 0.0824. The molecule has 0 N–H and O–H groups in total. The summed E-state index contributed by atoms with van der Waals surface area (Å²) in [6.45, 7) is 6.65. The van der Waals surface area contributed by atoms with Gasteiger partial charge < -0.3 is 4.90 Å². The molecule has 1 amide bonds. The van der Waals surface area contributed by atoms with Gasteiger partial charge in [-0.05, 0) is 31.9 Å². The lowest BCUT2D eigenvalue weighted by Crippen LogP contribution is -2.53. The molecule has 2 saturated heterocycles. The van der Waals surface area contributed by atoms with E-state index in [0.717, 1.165) is 24.1 Å². The van der Waals surface area contributed by atoms with E-state index in [0.29, 0.717) is 31.1 Å². The molecule has 2 fully saturated rings. The molecule has 0 saturated carbocycles. The van der Waals surface area contributed by atoms with Crippen LogP contribution in [0.4, 0.5) is 0 Å². The number of aryl methyl sites for hydroxylation is 2. The lowest BCUT2D eigenvalue weighted by molar-refractivity contribution is -0.131. The molecule has 7 heteroatoms. The number of amides is 1. The van der Waals surface area contributed by atoms with E-state index in [1.165, 1.54) is 0 Å². The molecule has 1 atom stereocenters. The Bertz CT molecular complexity index is 739. The van der Waals surface area contributed by atoms with E-state index in [1.54, 1.807) is 15.3 Å². The minimum atomic E-state index is -3.47. The predicted molar refractivity (Wildman–Crippen MR) is 92.3 cm³/mol. The van der Waals surface area contributed by atoms with Crippen LogP contribution in [-0.2, 0) is 14.8 Å². The van der Waals surface area contributed by atoms with Crippen molar-refractivity contribution < 1.29 is 13.2 Å². The van der Waals surface area contributed by atoms with Crippen LogP contribution < -0.4 is 0 Å². The van der Waals surface area contributed by atoms with Gasteiger partial charge >= 0.3 is 0 Å². The molecule has 132 valence electrons. The van der Waals surface area contributed by atoms with Crippen molar-refractivity contribution in [2.45, 2.75) is 31.2 Å². The largest absolute Gasteiger partial charge is 0.344 e. The highest BCUT2D eigenvalue weighted by Crippen LogP contribution is 2.24. The summed E-state index contributed by atoms with van der Waals surface area (Å²) in [6.07, 6.45) is 0.832. The Morgan fingerprint density at radius 1 is 1.04 bits per heavy atom. The van der Waals surface area contributed by atoms with Gasteiger partial charge in [0.25, 0.3) is 0 Å². The summed E-state index contributed by atoms with van der Waals surface area (Å²) < 4.78 is 27.3. The average molecular weight is 351 g/mol. The molecule has 2 aliphatic heterocycles. The third kappa shape index (κ3) is 3.08. The van der Waals surface area contributed by atoms with Gasteiger partial charge in [0.1, 0.15) is 0 Å². The van der Waals surface area contributed by atoms with Crippen molar-refractivity contribution in [2.75, 3.05) is 39.8 Å². The number of nitrogens with zero attached hydrogens (tertiary/aromatic N) is 3. The number of hydrogen-bond acceptors (Lipinski definition) is 4. The molecule has 0 aliphatic carbocycles. The molecule has 0 radical (unpaired) electrons. The van der Waals surface area contributed by atoms with Crippen LogP contribution in [0.3, 0.4) is 0 Å². The number of likely N-dealkylation sites (N-methyl/N-ethyl adjacent to an activating group) is 1. The van der Waals surface area contributed by atoms with E-state index in [9.17, 15) is 13.2 Å². The van der Waals surface area contributed by atoms with Crippen LogP contribution in [-0.4, -0.2) is 74.2 Å². The quantitative estimate of drug-likeness (QED) is 0.810. The van der Waals surface area contributed by atoms with E-state index in [4.69, 9.17) is 0 Å². The van der Waals surface area contributed by atoms with Crippen molar-refractivity contribution >= 4 is 15.9 Å². The number of sulfonamides is 1. The van der Waals surface area contributed by atoms with Crippen LogP contribution in [0.1, 0.15) is 17.5 Å². The first-order chi connectivity index (χ1) is 11.3. The summed E-state index contributed by atoms with van der Waals surface area (Å²) in [4.78, 5) is 16.4. The van der Waals surface area contributed by atoms with Crippen molar-refractivity contribution in [3.8, 4) is 0 Å². The second kappa shape index (κ2) is 6.46. The third-order valence-corrected chi connectivity index (χ3v) is 7.12. The Kier molecular flexibility index (Phi) is 4.68. The van der Waals surface area contributed by atoms with Crippen LogP contribution in [0.2, 0.25) is 0 Å². The number of benzene rings is 1. The van der Waals surface area contributed by atoms with Crippen molar-refractivity contribution in [2.24, 2.45) is 0 Å². The van der Waals surface area contributed by atoms with Crippen molar-refractivity contribution in [3.05, 3.63) is 29.3 Å². The zero-order valence-corrected chi connectivity index (χ0v) is 15.3. The Balaban J connectivity index is 1.71. The van der Waals surface area contributed by atoms with Crippen molar-refractivity contribution in [1.29, 1.82) is 0 Å². The highest BCUT2D eigenvalue weighted by molar-refractivity contribution is 7.89. The lowest BCUT2D eigenvalue weighted by Gasteiger charge is -2.36. The second-order valence-electron chi connectivity index (χ2n) is 6.77. The van der Waals surface area contributed by atoms with Gasteiger partial charge in [0.2, 0.25) is 15.9 Å². The smallest absolute Gasteiger partial charge is 0.243 e. The van der Waals surface area contributed by atoms with Crippen LogP contribution in [0.15, 0.2) is 23.1 Å². The SMILES string of the molecule is Cc1ccc(S(=O)(=O)N2CCN(C3CCN(C)C3=O)CC2)c(C)c1. The molecule has 6 nitrogen and oxygen atoms in total. The van der Waals surface area contributed by atoms with Gasteiger partial charge in [-0.25, -0.2) is 8.42 Å². The van der Waals surface area contributed by atoms with Crippen LogP contribution in [0, 0.1) is 13.8 Å². The van der Waals surface area contributed by atoms with Crippen LogP contribution in [0.25, 0.3) is 0 Å². The molecule has 2 aliphatic rings. The molecular weight excluding hydrogens is 326 g/mol. The van der Waals surface area contributed by atoms with Crippen molar-refractivity contribution in [3.63, 3.8) is 0 Å². The molecule has 0 aromatic heterocycles. The molecular formula is C17H25N3O3S. The van der Waals surface area contributed by atoms with E-state index in [1.807, 2.05) is 33.0 Å². The first-order valence-corrected chi connectivity index (χ1v) is 9.81. The zero-order chi connectivity index (χ0) is 17.5. The fourth-order valence-electron chi connectivity index (χ4n) is 3.63. The number of carbonyl (C=O) groups is 1. The summed E-state index contributed by atoms with van der Waals surface area (Å²) in [5.74, 6) is 0.153. The molecule has 3 rings (SSSR count). The van der Waals surface area contributed by atoms with Gasteiger partial charge in [0.05, 0.1) is 10.9 Å². The maximum atomic E-state index is 12.9. The van der Waals surface area contributed by atoms with E-state index in [2.05, 4.69) is 4.90 Å². The number of likely N-dealkylation sites (tertiary alicyclic amines) is 1. The number of hydrogen-bond donors (Lipinski definition) is 0.